The number of carbonyl (C=O) groups excluding carboxylic acids is 1. The van der Waals surface area contributed by atoms with E-state index in [-0.39, 0.29) is 11.6 Å². The molecule has 0 aromatic carbocycles. The van der Waals surface area contributed by atoms with Crippen molar-refractivity contribution in [1.29, 1.82) is 0 Å². The minimum atomic E-state index is -0.412. The van der Waals surface area contributed by atoms with Gasteiger partial charge < -0.3 is 15.4 Å². The van der Waals surface area contributed by atoms with Gasteiger partial charge in [0.05, 0.1) is 0 Å². The molecule has 0 bridgehead atoms. The molecule has 0 aromatic rings. The fraction of sp³-hybridized carbons (Fsp3) is 0.923. The van der Waals surface area contributed by atoms with Gasteiger partial charge in [-0.3, -0.25) is 0 Å². The number of hydrogen-bond acceptors (Lipinski definition) is 3. The van der Waals surface area contributed by atoms with Crippen LogP contribution in [-0.2, 0) is 4.74 Å². The molecule has 4 nitrogen and oxygen atoms in total. The molecule has 0 radical (unpaired) electrons. The van der Waals surface area contributed by atoms with E-state index < -0.39 is 5.60 Å². The second kappa shape index (κ2) is 4.16. The van der Waals surface area contributed by atoms with Crippen LogP contribution in [0.5, 0.6) is 0 Å². The first kappa shape index (κ1) is 12.7. The quantitative estimate of drug-likeness (QED) is 0.820. The van der Waals surface area contributed by atoms with Gasteiger partial charge in [0.25, 0.3) is 0 Å². The second-order valence-electron chi connectivity index (χ2n) is 6.52. The van der Waals surface area contributed by atoms with Crippen LogP contribution in [-0.4, -0.2) is 34.7 Å². The molecule has 2 N–H and O–H groups in total. The lowest BCUT2D eigenvalue weighted by Gasteiger charge is -2.28. The summed E-state index contributed by atoms with van der Waals surface area (Å²) < 4.78 is 5.43. The minimum absolute atomic E-state index is 0.00908. The molecule has 4 heteroatoms. The number of nitrogens with zero attached hydrogens (tertiary/aromatic N) is 1. The molecule has 2 aliphatic carbocycles. The standard InChI is InChI=1S/C13H24N2O2/c1-12(2,3)17-11(16)15(10-4-5-10)9-8-13(14)6-7-13/h10H,4-9,14H2,1-3H3. The van der Waals surface area contributed by atoms with Crippen LogP contribution in [0, 0.1) is 0 Å². The number of carbonyl (C=O) groups is 1. The highest BCUT2D eigenvalue weighted by molar-refractivity contribution is 5.69. The third-order valence-corrected chi connectivity index (χ3v) is 3.36. The highest BCUT2D eigenvalue weighted by Crippen LogP contribution is 2.37. The van der Waals surface area contributed by atoms with Crippen molar-refractivity contribution in [3.05, 3.63) is 0 Å². The summed E-state index contributed by atoms with van der Waals surface area (Å²) in [7, 11) is 0. The lowest BCUT2D eigenvalue weighted by atomic mass is 10.2. The molecule has 17 heavy (non-hydrogen) atoms. The smallest absolute Gasteiger partial charge is 0.410 e. The first-order valence-electron chi connectivity index (χ1n) is 6.58. The minimum Gasteiger partial charge on any atom is -0.444 e. The van der Waals surface area contributed by atoms with Crippen LogP contribution in [0.3, 0.4) is 0 Å². The third kappa shape index (κ3) is 3.87. The van der Waals surface area contributed by atoms with Gasteiger partial charge in [0.1, 0.15) is 5.60 Å². The lowest BCUT2D eigenvalue weighted by Crippen LogP contribution is -2.41. The maximum atomic E-state index is 12.0. The van der Waals surface area contributed by atoms with Crippen LogP contribution in [0.1, 0.15) is 52.9 Å². The average Bonchev–Trinajstić information content (AvgIpc) is 3.01. The maximum absolute atomic E-state index is 12.0. The Kier molecular flexibility index (Phi) is 3.10. The van der Waals surface area contributed by atoms with Gasteiger partial charge in [-0.2, -0.15) is 0 Å². The zero-order chi connectivity index (χ0) is 12.7. The summed E-state index contributed by atoms with van der Waals surface area (Å²) >= 11 is 0. The Bertz CT molecular complexity index is 301. The first-order chi connectivity index (χ1) is 7.79. The second-order valence-corrected chi connectivity index (χ2v) is 6.52. The Hall–Kier alpha value is -0.770. The Morgan fingerprint density at radius 3 is 2.41 bits per heavy atom. The average molecular weight is 240 g/mol. The van der Waals surface area contributed by atoms with Gasteiger partial charge in [0, 0.05) is 18.1 Å². The molecule has 2 saturated carbocycles. The Labute approximate surface area is 103 Å². The van der Waals surface area contributed by atoms with Crippen molar-refractivity contribution < 1.29 is 9.53 Å². The Balaban J connectivity index is 1.85. The molecule has 2 aliphatic rings. The highest BCUT2D eigenvalue weighted by atomic mass is 16.6. The zero-order valence-corrected chi connectivity index (χ0v) is 11.2. The van der Waals surface area contributed by atoms with E-state index in [1.807, 2.05) is 25.7 Å². The zero-order valence-electron chi connectivity index (χ0n) is 11.2. The largest absolute Gasteiger partial charge is 0.444 e. The number of nitrogens with two attached hydrogens (primary N) is 1. The summed E-state index contributed by atoms with van der Waals surface area (Å²) in [6.45, 7) is 6.46. The van der Waals surface area contributed by atoms with E-state index in [9.17, 15) is 4.79 Å². The van der Waals surface area contributed by atoms with Crippen LogP contribution in [0.15, 0.2) is 0 Å². The molecule has 0 unspecified atom stereocenters. The fourth-order valence-electron chi connectivity index (χ4n) is 1.88. The van der Waals surface area contributed by atoms with Crippen LogP contribution in [0.4, 0.5) is 4.79 Å². The molecule has 2 fully saturated rings. The number of rotatable bonds is 4. The predicted molar refractivity (Wildman–Crippen MR) is 66.7 cm³/mol. The molecule has 0 saturated heterocycles. The Morgan fingerprint density at radius 2 is 2.00 bits per heavy atom. The van der Waals surface area contributed by atoms with Crippen molar-refractivity contribution in [2.24, 2.45) is 5.73 Å². The normalized spacial score (nSPS) is 22.1. The van der Waals surface area contributed by atoms with Crippen molar-refractivity contribution in [3.63, 3.8) is 0 Å². The van der Waals surface area contributed by atoms with Crippen LogP contribution >= 0.6 is 0 Å². The molecule has 0 heterocycles. The molecule has 0 atom stereocenters. The van der Waals surface area contributed by atoms with Gasteiger partial charge >= 0.3 is 6.09 Å². The number of ether oxygens (including phenoxy) is 1. The van der Waals surface area contributed by atoms with E-state index in [0.717, 1.165) is 38.6 Å². The van der Waals surface area contributed by atoms with Gasteiger partial charge in [-0.1, -0.05) is 0 Å². The Morgan fingerprint density at radius 1 is 1.41 bits per heavy atom. The van der Waals surface area contributed by atoms with Gasteiger partial charge in [-0.05, 0) is 52.9 Å². The van der Waals surface area contributed by atoms with Crippen LogP contribution in [0.25, 0.3) is 0 Å². The van der Waals surface area contributed by atoms with Crippen molar-refractivity contribution >= 4 is 6.09 Å². The van der Waals surface area contributed by atoms with E-state index in [4.69, 9.17) is 10.5 Å². The molecule has 1 amide bonds. The van der Waals surface area contributed by atoms with Gasteiger partial charge in [-0.25, -0.2) is 4.79 Å². The summed E-state index contributed by atoms with van der Waals surface area (Å²) in [5.41, 5.74) is 5.66. The summed E-state index contributed by atoms with van der Waals surface area (Å²) in [6.07, 6.45) is 5.14. The van der Waals surface area contributed by atoms with E-state index in [2.05, 4.69) is 0 Å². The lowest BCUT2D eigenvalue weighted by molar-refractivity contribution is 0.0227. The van der Waals surface area contributed by atoms with Crippen molar-refractivity contribution in [2.75, 3.05) is 6.54 Å². The molecule has 0 spiro atoms. The summed E-state index contributed by atoms with van der Waals surface area (Å²) in [5.74, 6) is 0. The summed E-state index contributed by atoms with van der Waals surface area (Å²) in [4.78, 5) is 13.9. The number of amides is 1. The van der Waals surface area contributed by atoms with E-state index >= 15 is 0 Å². The van der Waals surface area contributed by atoms with Gasteiger partial charge in [-0.15, -0.1) is 0 Å². The van der Waals surface area contributed by atoms with E-state index in [1.165, 1.54) is 0 Å². The van der Waals surface area contributed by atoms with Crippen molar-refractivity contribution in [2.45, 2.75) is 70.1 Å². The molecule has 0 aliphatic heterocycles. The molecule has 98 valence electrons. The number of hydrogen-bond donors (Lipinski definition) is 1. The summed E-state index contributed by atoms with van der Waals surface area (Å²) in [5, 5.41) is 0. The highest BCUT2D eigenvalue weighted by Gasteiger charge is 2.41. The molecule has 0 aromatic heterocycles. The summed E-state index contributed by atoms with van der Waals surface area (Å²) in [6, 6.07) is 0.396. The first-order valence-corrected chi connectivity index (χ1v) is 6.58. The topological polar surface area (TPSA) is 55.6 Å². The van der Waals surface area contributed by atoms with E-state index in [1.54, 1.807) is 0 Å². The molecular weight excluding hydrogens is 216 g/mol. The van der Waals surface area contributed by atoms with Crippen molar-refractivity contribution in [1.82, 2.24) is 4.90 Å². The SMILES string of the molecule is CC(C)(C)OC(=O)N(CCC1(N)CC1)C1CC1. The predicted octanol–water partition coefficient (Wildman–Crippen LogP) is 2.27. The third-order valence-electron chi connectivity index (χ3n) is 3.36. The fourth-order valence-corrected chi connectivity index (χ4v) is 1.88. The van der Waals surface area contributed by atoms with Crippen LogP contribution in [0.2, 0.25) is 0 Å². The van der Waals surface area contributed by atoms with Crippen molar-refractivity contribution in [3.8, 4) is 0 Å². The van der Waals surface area contributed by atoms with E-state index in [0.29, 0.717) is 6.04 Å². The van der Waals surface area contributed by atoms with Gasteiger partial charge in [0.15, 0.2) is 0 Å². The van der Waals surface area contributed by atoms with Crippen LogP contribution < -0.4 is 5.73 Å². The molecular formula is C13H24N2O2. The maximum Gasteiger partial charge on any atom is 0.410 e. The molecule has 2 rings (SSSR count). The van der Waals surface area contributed by atoms with Gasteiger partial charge in [0.2, 0.25) is 0 Å². The monoisotopic (exact) mass is 240 g/mol.